The number of amides is 1. The van der Waals surface area contributed by atoms with Gasteiger partial charge in [0.1, 0.15) is 6.07 Å². The molecule has 0 unspecified atom stereocenters. The van der Waals surface area contributed by atoms with Crippen molar-refractivity contribution in [1.82, 2.24) is 4.98 Å². The molecule has 0 aliphatic rings. The molecule has 1 aromatic heterocycles. The lowest BCUT2D eigenvalue weighted by atomic mass is 10.1. The first-order valence-electron chi connectivity index (χ1n) is 7.54. The van der Waals surface area contributed by atoms with Crippen LogP contribution in [0.5, 0.6) is 0 Å². The number of rotatable bonds is 4. The molecule has 0 aliphatic carbocycles. The smallest absolute Gasteiger partial charge is 0.249 e. The Balaban J connectivity index is 2.12. The Morgan fingerprint density at radius 1 is 1.27 bits per heavy atom. The predicted octanol–water partition coefficient (Wildman–Crippen LogP) is 5.30. The molecule has 7 heteroatoms. The third-order valence-electron chi connectivity index (χ3n) is 3.58. The molecule has 3 aromatic rings. The summed E-state index contributed by atoms with van der Waals surface area (Å²) in [7, 11) is 0. The topological polar surface area (TPSA) is 77.8 Å². The Hall–Kier alpha value is -2.88. The number of pyridine rings is 1. The Bertz CT molecular complexity index is 1060. The number of anilines is 3. The maximum absolute atomic E-state index is 11.8. The summed E-state index contributed by atoms with van der Waals surface area (Å²) in [5.74, 6) is -0.361. The minimum absolute atomic E-state index is 0.361. The van der Waals surface area contributed by atoms with E-state index in [1.807, 2.05) is 30.3 Å². The Kier molecular flexibility index (Phi) is 5.52. The van der Waals surface area contributed by atoms with Gasteiger partial charge in [-0.25, -0.2) is 0 Å². The monoisotopic (exact) mass is 426 g/mol. The van der Waals surface area contributed by atoms with Crippen LogP contribution in [0, 0.1) is 11.3 Å². The van der Waals surface area contributed by atoms with E-state index in [0.29, 0.717) is 22.5 Å². The standard InChI is InChI=1S/C19H12BrClN4O/c20-13-3-1-4-14(9-13)24-18-12(10-22)11-23-19-15(18)5-2-6-16(19)25-17(26)7-8-21/h1-9,11H,(H,23,24)(H,25,26)/b8-7-. The predicted molar refractivity (Wildman–Crippen MR) is 108 cm³/mol. The van der Waals surface area contributed by atoms with Gasteiger partial charge in [0.05, 0.1) is 22.5 Å². The first kappa shape index (κ1) is 17.9. The molecular formula is C19H12BrClN4O. The van der Waals surface area contributed by atoms with Gasteiger partial charge in [0, 0.05) is 33.4 Å². The van der Waals surface area contributed by atoms with Crippen LogP contribution in [-0.2, 0) is 4.79 Å². The van der Waals surface area contributed by atoms with Crippen LogP contribution in [0.1, 0.15) is 5.56 Å². The fourth-order valence-corrected chi connectivity index (χ4v) is 3.00. The summed E-state index contributed by atoms with van der Waals surface area (Å²) in [4.78, 5) is 16.2. The zero-order valence-corrected chi connectivity index (χ0v) is 15.7. The van der Waals surface area contributed by atoms with Gasteiger partial charge < -0.3 is 10.6 Å². The van der Waals surface area contributed by atoms with Crippen LogP contribution in [0.25, 0.3) is 10.9 Å². The lowest BCUT2D eigenvalue weighted by Crippen LogP contribution is -2.08. The van der Waals surface area contributed by atoms with E-state index in [4.69, 9.17) is 11.6 Å². The number of benzene rings is 2. The number of nitrogens with one attached hydrogen (secondary N) is 2. The van der Waals surface area contributed by atoms with E-state index in [-0.39, 0.29) is 5.91 Å². The van der Waals surface area contributed by atoms with E-state index < -0.39 is 0 Å². The van der Waals surface area contributed by atoms with Gasteiger partial charge in [-0.05, 0) is 24.3 Å². The zero-order chi connectivity index (χ0) is 18.5. The van der Waals surface area contributed by atoms with Crippen molar-refractivity contribution in [3.63, 3.8) is 0 Å². The molecule has 0 radical (unpaired) electrons. The molecule has 0 saturated heterocycles. The van der Waals surface area contributed by atoms with Crippen molar-refractivity contribution in [3.8, 4) is 6.07 Å². The number of fused-ring (bicyclic) bond motifs is 1. The summed E-state index contributed by atoms with van der Waals surface area (Å²) in [6, 6.07) is 15.1. The molecule has 26 heavy (non-hydrogen) atoms. The molecule has 0 spiro atoms. The molecule has 0 saturated carbocycles. The number of nitriles is 1. The molecule has 0 fully saturated rings. The highest BCUT2D eigenvalue weighted by molar-refractivity contribution is 9.10. The van der Waals surface area contributed by atoms with Crippen molar-refractivity contribution >= 4 is 61.4 Å². The highest BCUT2D eigenvalue weighted by atomic mass is 79.9. The molecule has 0 aliphatic heterocycles. The summed E-state index contributed by atoms with van der Waals surface area (Å²) >= 11 is 8.87. The summed E-state index contributed by atoms with van der Waals surface area (Å²) in [5.41, 5.74) is 4.09. The number of nitrogens with zero attached hydrogens (tertiary/aromatic N) is 2. The van der Waals surface area contributed by atoms with Crippen molar-refractivity contribution in [2.45, 2.75) is 0 Å². The molecule has 0 atom stereocenters. The molecular weight excluding hydrogens is 416 g/mol. The van der Waals surface area contributed by atoms with Crippen LogP contribution < -0.4 is 10.6 Å². The van der Waals surface area contributed by atoms with Crippen molar-refractivity contribution in [1.29, 1.82) is 5.26 Å². The number of halogens is 2. The molecule has 2 aromatic carbocycles. The average molecular weight is 428 g/mol. The van der Waals surface area contributed by atoms with Gasteiger partial charge in [-0.3, -0.25) is 9.78 Å². The fourth-order valence-electron chi connectivity index (χ4n) is 2.49. The Morgan fingerprint density at radius 2 is 2.08 bits per heavy atom. The summed E-state index contributed by atoms with van der Waals surface area (Å²) in [5, 5.41) is 16.2. The summed E-state index contributed by atoms with van der Waals surface area (Å²) in [6.07, 6.45) is 2.69. The van der Waals surface area contributed by atoms with E-state index in [2.05, 4.69) is 37.6 Å². The SMILES string of the molecule is N#Cc1cnc2c(NC(=O)/C=C\Cl)cccc2c1Nc1cccc(Br)c1. The number of carbonyl (C=O) groups excluding carboxylic acids is 1. The molecule has 5 nitrogen and oxygen atoms in total. The first-order valence-corrected chi connectivity index (χ1v) is 8.77. The second-order valence-electron chi connectivity index (χ2n) is 5.28. The highest BCUT2D eigenvalue weighted by Gasteiger charge is 2.13. The number of aromatic nitrogens is 1. The van der Waals surface area contributed by atoms with Gasteiger partial charge in [0.15, 0.2) is 0 Å². The zero-order valence-electron chi connectivity index (χ0n) is 13.3. The van der Waals surface area contributed by atoms with Crippen LogP contribution in [0.4, 0.5) is 17.1 Å². The van der Waals surface area contributed by atoms with E-state index >= 15 is 0 Å². The second kappa shape index (κ2) is 8.00. The molecule has 128 valence electrons. The highest BCUT2D eigenvalue weighted by Crippen LogP contribution is 2.32. The quantitative estimate of drug-likeness (QED) is 0.554. The van der Waals surface area contributed by atoms with Gasteiger partial charge >= 0.3 is 0 Å². The summed E-state index contributed by atoms with van der Waals surface area (Å²) in [6.45, 7) is 0. The van der Waals surface area contributed by atoms with Crippen LogP contribution in [0.3, 0.4) is 0 Å². The van der Waals surface area contributed by atoms with E-state index in [0.717, 1.165) is 21.1 Å². The molecule has 1 heterocycles. The third kappa shape index (κ3) is 3.85. The maximum atomic E-state index is 11.8. The molecule has 0 bridgehead atoms. The summed E-state index contributed by atoms with van der Waals surface area (Å²) < 4.78 is 0.917. The number of para-hydroxylation sites is 1. The lowest BCUT2D eigenvalue weighted by molar-refractivity contribution is -0.111. The van der Waals surface area contributed by atoms with Gasteiger partial charge in [0.25, 0.3) is 0 Å². The average Bonchev–Trinajstić information content (AvgIpc) is 2.62. The Labute approximate surface area is 163 Å². The van der Waals surface area contributed by atoms with Crippen LogP contribution >= 0.6 is 27.5 Å². The van der Waals surface area contributed by atoms with Crippen LogP contribution in [-0.4, -0.2) is 10.9 Å². The molecule has 3 rings (SSSR count). The van der Waals surface area contributed by atoms with Gasteiger partial charge in [-0.2, -0.15) is 5.26 Å². The number of carbonyl (C=O) groups is 1. The van der Waals surface area contributed by atoms with Crippen molar-refractivity contribution in [2.24, 2.45) is 0 Å². The van der Waals surface area contributed by atoms with E-state index in [1.54, 1.807) is 12.1 Å². The Morgan fingerprint density at radius 3 is 2.81 bits per heavy atom. The first-order chi connectivity index (χ1) is 12.6. The fraction of sp³-hybridized carbons (Fsp3) is 0. The van der Waals surface area contributed by atoms with Crippen molar-refractivity contribution in [2.75, 3.05) is 10.6 Å². The van der Waals surface area contributed by atoms with E-state index in [9.17, 15) is 10.1 Å². The van der Waals surface area contributed by atoms with Crippen molar-refractivity contribution in [3.05, 3.63) is 70.3 Å². The van der Waals surface area contributed by atoms with Crippen molar-refractivity contribution < 1.29 is 4.79 Å². The molecule has 2 N–H and O–H groups in total. The van der Waals surface area contributed by atoms with Crippen LogP contribution in [0.15, 0.2) is 64.7 Å². The normalized spacial score (nSPS) is 10.7. The minimum Gasteiger partial charge on any atom is -0.354 e. The lowest BCUT2D eigenvalue weighted by Gasteiger charge is -2.14. The van der Waals surface area contributed by atoms with Gasteiger partial charge in [-0.15, -0.1) is 0 Å². The minimum atomic E-state index is -0.361. The van der Waals surface area contributed by atoms with Gasteiger partial charge in [-0.1, -0.05) is 45.7 Å². The number of hydrogen-bond donors (Lipinski definition) is 2. The third-order valence-corrected chi connectivity index (χ3v) is 4.20. The largest absolute Gasteiger partial charge is 0.354 e. The second-order valence-corrected chi connectivity index (χ2v) is 6.45. The van der Waals surface area contributed by atoms with E-state index in [1.165, 1.54) is 12.3 Å². The van der Waals surface area contributed by atoms with Crippen LogP contribution in [0.2, 0.25) is 0 Å². The number of hydrogen-bond acceptors (Lipinski definition) is 4. The van der Waals surface area contributed by atoms with Gasteiger partial charge in [0.2, 0.25) is 5.91 Å². The molecule has 1 amide bonds. The maximum Gasteiger partial charge on any atom is 0.249 e.